The summed E-state index contributed by atoms with van der Waals surface area (Å²) in [6, 6.07) is 2.26. The summed E-state index contributed by atoms with van der Waals surface area (Å²) >= 11 is 0. The molecule has 1 atom stereocenters. The molecular weight excluding hydrogens is 250 g/mol. The molecule has 1 unspecified atom stereocenters. The number of aryl methyl sites for hydroxylation is 1. The highest BCUT2D eigenvalue weighted by molar-refractivity contribution is 5.74. The lowest BCUT2D eigenvalue weighted by molar-refractivity contribution is -0.119. The summed E-state index contributed by atoms with van der Waals surface area (Å²) in [5.74, 6) is -0.267. The molecule has 20 heavy (non-hydrogen) atoms. The molecule has 0 aliphatic heterocycles. The van der Waals surface area contributed by atoms with E-state index in [1.165, 1.54) is 11.3 Å². The number of rotatable bonds is 3. The molecule has 1 aromatic heterocycles. The second-order valence-electron chi connectivity index (χ2n) is 7.63. The average Bonchev–Trinajstić information content (AvgIpc) is 2.51. The van der Waals surface area contributed by atoms with Crippen LogP contribution >= 0.6 is 0 Å². The van der Waals surface area contributed by atoms with Crippen molar-refractivity contribution in [2.75, 3.05) is 0 Å². The van der Waals surface area contributed by atoms with Gasteiger partial charge in [-0.1, -0.05) is 13.8 Å². The molecule has 1 aliphatic carbocycles. The number of nitrogens with zero attached hydrogens (tertiary/aromatic N) is 1. The van der Waals surface area contributed by atoms with Gasteiger partial charge in [0.05, 0.1) is 0 Å². The van der Waals surface area contributed by atoms with Gasteiger partial charge in [-0.05, 0) is 50.7 Å². The lowest BCUT2D eigenvalue weighted by Crippen LogP contribution is -2.37. The predicted molar refractivity (Wildman–Crippen MR) is 81.3 cm³/mol. The minimum atomic E-state index is -0.309. The Hall–Kier alpha value is -1.29. The fraction of sp³-hybridized carbons (Fsp3) is 0.688. The van der Waals surface area contributed by atoms with Gasteiger partial charge in [0.25, 0.3) is 0 Å². The van der Waals surface area contributed by atoms with Crippen LogP contribution in [0.25, 0.3) is 0 Å². The molecule has 4 nitrogen and oxygen atoms in total. The molecule has 4 N–H and O–H groups in total. The van der Waals surface area contributed by atoms with E-state index in [0.29, 0.717) is 6.42 Å². The maximum atomic E-state index is 11.4. The summed E-state index contributed by atoms with van der Waals surface area (Å²) in [7, 11) is 0. The Kier molecular flexibility index (Phi) is 3.49. The second-order valence-corrected chi connectivity index (χ2v) is 7.63. The van der Waals surface area contributed by atoms with Crippen molar-refractivity contribution in [3.8, 4) is 0 Å². The van der Waals surface area contributed by atoms with Crippen LogP contribution in [0.1, 0.15) is 63.5 Å². The van der Waals surface area contributed by atoms with Gasteiger partial charge in [0.1, 0.15) is 0 Å². The van der Waals surface area contributed by atoms with E-state index in [2.05, 4.69) is 45.3 Å². The molecule has 0 bridgehead atoms. The Morgan fingerprint density at radius 2 is 2.10 bits per heavy atom. The third-order valence-electron chi connectivity index (χ3n) is 4.35. The summed E-state index contributed by atoms with van der Waals surface area (Å²) in [4.78, 5) is 11.4. The van der Waals surface area contributed by atoms with E-state index in [1.807, 2.05) is 0 Å². The summed E-state index contributed by atoms with van der Waals surface area (Å²) < 4.78 is 2.27. The summed E-state index contributed by atoms with van der Waals surface area (Å²) in [5.41, 5.74) is 15.3. The fourth-order valence-electron chi connectivity index (χ4n) is 3.80. The molecule has 0 saturated heterocycles. The largest absolute Gasteiger partial charge is 0.370 e. The quantitative estimate of drug-likeness (QED) is 0.890. The normalized spacial score (nSPS) is 21.6. The van der Waals surface area contributed by atoms with Crippen molar-refractivity contribution in [3.63, 3.8) is 0 Å². The summed E-state index contributed by atoms with van der Waals surface area (Å²) in [6.07, 6.45) is 2.33. The van der Waals surface area contributed by atoms with Crippen LogP contribution in [0.3, 0.4) is 0 Å². The van der Waals surface area contributed by atoms with E-state index < -0.39 is 0 Å². The van der Waals surface area contributed by atoms with Gasteiger partial charge >= 0.3 is 0 Å². The zero-order chi connectivity index (χ0) is 15.3. The fourth-order valence-corrected chi connectivity index (χ4v) is 3.80. The molecule has 0 aromatic carbocycles. The topological polar surface area (TPSA) is 74.0 Å². The number of fused-ring (bicyclic) bond motifs is 1. The number of primary amides is 1. The van der Waals surface area contributed by atoms with E-state index in [9.17, 15) is 4.79 Å². The number of amides is 1. The van der Waals surface area contributed by atoms with Crippen molar-refractivity contribution in [1.82, 2.24) is 4.57 Å². The number of aromatic nitrogens is 1. The first-order chi connectivity index (χ1) is 9.03. The van der Waals surface area contributed by atoms with Gasteiger partial charge in [-0.25, -0.2) is 0 Å². The Bertz CT molecular complexity index is 540. The standard InChI is InChI=1S/C16H27N3O/c1-10-6-11-12(17)7-15(2,3)8-13(11)19(10)16(4,5)9-14(18)20/h6,12H,7-9,17H2,1-5H3,(H2,18,20). The van der Waals surface area contributed by atoms with Crippen molar-refractivity contribution in [2.24, 2.45) is 16.9 Å². The zero-order valence-corrected chi connectivity index (χ0v) is 13.3. The van der Waals surface area contributed by atoms with Gasteiger partial charge in [0, 0.05) is 29.4 Å². The van der Waals surface area contributed by atoms with Gasteiger partial charge in [-0.3, -0.25) is 4.79 Å². The number of carbonyl (C=O) groups is 1. The molecule has 1 aromatic rings. The first-order valence-electron chi connectivity index (χ1n) is 7.29. The molecule has 0 saturated carbocycles. The van der Waals surface area contributed by atoms with Crippen molar-refractivity contribution in [2.45, 2.75) is 65.5 Å². The Labute approximate surface area is 121 Å². The Balaban J connectivity index is 2.54. The SMILES string of the molecule is Cc1cc2c(n1C(C)(C)CC(N)=O)CC(C)(C)CC2N. The van der Waals surface area contributed by atoms with Gasteiger partial charge in [0.2, 0.25) is 5.91 Å². The van der Waals surface area contributed by atoms with Crippen molar-refractivity contribution >= 4 is 5.91 Å². The molecule has 1 aliphatic rings. The van der Waals surface area contributed by atoms with Crippen LogP contribution in [0.2, 0.25) is 0 Å². The average molecular weight is 277 g/mol. The highest BCUT2D eigenvalue weighted by Crippen LogP contribution is 2.42. The summed E-state index contributed by atoms with van der Waals surface area (Å²) in [5, 5.41) is 0. The molecule has 1 amide bonds. The highest BCUT2D eigenvalue weighted by Gasteiger charge is 2.36. The minimum Gasteiger partial charge on any atom is -0.370 e. The Morgan fingerprint density at radius 3 is 2.65 bits per heavy atom. The lowest BCUT2D eigenvalue weighted by Gasteiger charge is -2.38. The molecule has 1 heterocycles. The summed E-state index contributed by atoms with van der Waals surface area (Å²) in [6.45, 7) is 10.7. The molecule has 4 heteroatoms. The number of hydrogen-bond donors (Lipinski definition) is 2. The number of nitrogens with two attached hydrogens (primary N) is 2. The van der Waals surface area contributed by atoms with Crippen LogP contribution in [0.15, 0.2) is 6.07 Å². The van der Waals surface area contributed by atoms with Crippen LogP contribution in [0.5, 0.6) is 0 Å². The molecule has 112 valence electrons. The number of hydrogen-bond acceptors (Lipinski definition) is 2. The maximum Gasteiger partial charge on any atom is 0.219 e. The minimum absolute atomic E-state index is 0.0816. The van der Waals surface area contributed by atoms with Crippen LogP contribution in [0, 0.1) is 12.3 Å². The molecule has 0 spiro atoms. The third-order valence-corrected chi connectivity index (χ3v) is 4.35. The first-order valence-corrected chi connectivity index (χ1v) is 7.29. The van der Waals surface area contributed by atoms with E-state index in [0.717, 1.165) is 18.5 Å². The third kappa shape index (κ3) is 2.62. The molecular formula is C16H27N3O. The van der Waals surface area contributed by atoms with Crippen LogP contribution in [-0.2, 0) is 16.8 Å². The molecule has 0 radical (unpaired) electrons. The van der Waals surface area contributed by atoms with E-state index in [1.54, 1.807) is 0 Å². The smallest absolute Gasteiger partial charge is 0.219 e. The molecule has 2 rings (SSSR count). The van der Waals surface area contributed by atoms with E-state index in [4.69, 9.17) is 11.5 Å². The van der Waals surface area contributed by atoms with Gasteiger partial charge in [-0.15, -0.1) is 0 Å². The van der Waals surface area contributed by atoms with Gasteiger partial charge in [0.15, 0.2) is 0 Å². The molecule has 0 fully saturated rings. The maximum absolute atomic E-state index is 11.4. The first kappa shape index (κ1) is 15.1. The van der Waals surface area contributed by atoms with Crippen molar-refractivity contribution < 1.29 is 4.79 Å². The van der Waals surface area contributed by atoms with Gasteiger partial charge < -0.3 is 16.0 Å². The number of carbonyl (C=O) groups excluding carboxylic acids is 1. The van der Waals surface area contributed by atoms with Crippen LogP contribution < -0.4 is 11.5 Å². The lowest BCUT2D eigenvalue weighted by atomic mass is 9.74. The van der Waals surface area contributed by atoms with Gasteiger partial charge in [-0.2, -0.15) is 0 Å². The van der Waals surface area contributed by atoms with Crippen molar-refractivity contribution in [1.29, 1.82) is 0 Å². The Morgan fingerprint density at radius 1 is 1.50 bits per heavy atom. The van der Waals surface area contributed by atoms with Crippen LogP contribution in [-0.4, -0.2) is 10.5 Å². The predicted octanol–water partition coefficient (Wildman–Crippen LogP) is 2.38. The monoisotopic (exact) mass is 277 g/mol. The second kappa shape index (κ2) is 4.62. The van der Waals surface area contributed by atoms with E-state index in [-0.39, 0.29) is 22.9 Å². The highest BCUT2D eigenvalue weighted by atomic mass is 16.1. The van der Waals surface area contributed by atoms with Crippen molar-refractivity contribution in [3.05, 3.63) is 23.0 Å². The van der Waals surface area contributed by atoms with E-state index >= 15 is 0 Å². The van der Waals surface area contributed by atoms with Crippen LogP contribution in [0.4, 0.5) is 0 Å². The zero-order valence-electron chi connectivity index (χ0n) is 13.3.